The molecule has 0 spiro atoms. The van der Waals surface area contributed by atoms with Gasteiger partial charge in [-0.05, 0) is 82.4 Å². The summed E-state index contributed by atoms with van der Waals surface area (Å²) in [7, 11) is -3.12. The topological polar surface area (TPSA) is 60.9 Å². The number of sulfonamides is 1. The van der Waals surface area contributed by atoms with E-state index in [-0.39, 0.29) is 11.7 Å². The van der Waals surface area contributed by atoms with Gasteiger partial charge in [0.05, 0.1) is 11.3 Å². The van der Waals surface area contributed by atoms with Crippen LogP contribution in [0.15, 0.2) is 11.4 Å². The average molecular weight is 508 g/mol. The van der Waals surface area contributed by atoms with Crippen molar-refractivity contribution in [2.45, 2.75) is 82.6 Å². The van der Waals surface area contributed by atoms with Gasteiger partial charge in [0.25, 0.3) is 5.91 Å². The van der Waals surface area contributed by atoms with Crippen LogP contribution < -0.4 is 0 Å². The molecule has 0 aromatic carbocycles. The van der Waals surface area contributed by atoms with Crippen LogP contribution in [-0.2, 0) is 10.0 Å². The van der Waals surface area contributed by atoms with E-state index in [2.05, 4.69) is 21.2 Å². The zero-order valence-electron chi connectivity index (χ0n) is 20.5. The van der Waals surface area contributed by atoms with Gasteiger partial charge in [0, 0.05) is 42.5 Å². The molecule has 4 aliphatic rings. The third-order valence-corrected chi connectivity index (χ3v) is 11.7. The van der Waals surface area contributed by atoms with Crippen LogP contribution >= 0.6 is 11.3 Å². The van der Waals surface area contributed by atoms with Crippen molar-refractivity contribution >= 4 is 27.3 Å². The molecule has 34 heavy (non-hydrogen) atoms. The first-order valence-corrected chi connectivity index (χ1v) is 16.1. The first kappa shape index (κ1) is 24.7. The second-order valence-electron chi connectivity index (χ2n) is 10.9. The van der Waals surface area contributed by atoms with Crippen molar-refractivity contribution in [3.8, 4) is 0 Å². The number of hydrogen-bond acceptors (Lipinski definition) is 5. The van der Waals surface area contributed by atoms with E-state index >= 15 is 0 Å². The van der Waals surface area contributed by atoms with Crippen LogP contribution in [0, 0.1) is 5.92 Å². The van der Waals surface area contributed by atoms with Gasteiger partial charge in [-0.25, -0.2) is 12.7 Å². The number of nitrogens with zero attached hydrogens (tertiary/aromatic N) is 3. The Labute approximate surface area is 209 Å². The van der Waals surface area contributed by atoms with E-state index in [1.54, 1.807) is 15.6 Å². The molecule has 1 aliphatic carbocycles. The van der Waals surface area contributed by atoms with Gasteiger partial charge in [0.15, 0.2) is 0 Å². The lowest BCUT2D eigenvalue weighted by Gasteiger charge is -2.44. The highest BCUT2D eigenvalue weighted by molar-refractivity contribution is 7.89. The predicted octanol–water partition coefficient (Wildman–Crippen LogP) is 4.54. The van der Waals surface area contributed by atoms with Crippen LogP contribution in [-0.4, -0.2) is 79.5 Å². The van der Waals surface area contributed by atoms with Gasteiger partial charge < -0.3 is 9.80 Å². The van der Waals surface area contributed by atoms with E-state index in [0.717, 1.165) is 63.7 Å². The smallest absolute Gasteiger partial charge is 0.254 e. The van der Waals surface area contributed by atoms with Crippen molar-refractivity contribution in [2.24, 2.45) is 5.92 Å². The number of piperidine rings is 3. The maximum absolute atomic E-state index is 13.4. The first-order valence-electron chi connectivity index (χ1n) is 13.6. The van der Waals surface area contributed by atoms with E-state index < -0.39 is 10.0 Å². The number of carbonyl (C=O) groups is 1. The highest BCUT2D eigenvalue weighted by atomic mass is 32.2. The van der Waals surface area contributed by atoms with Gasteiger partial charge in [0.2, 0.25) is 10.0 Å². The first-order chi connectivity index (χ1) is 16.5. The number of fused-ring (bicyclic) bond motifs is 1. The van der Waals surface area contributed by atoms with Crippen LogP contribution in [0.2, 0.25) is 0 Å². The molecular weight excluding hydrogens is 466 g/mol. The van der Waals surface area contributed by atoms with Crippen LogP contribution in [0.3, 0.4) is 0 Å². The third kappa shape index (κ3) is 5.55. The van der Waals surface area contributed by atoms with Crippen molar-refractivity contribution in [1.29, 1.82) is 0 Å². The van der Waals surface area contributed by atoms with Gasteiger partial charge in [0.1, 0.15) is 0 Å². The average Bonchev–Trinajstić information content (AvgIpc) is 3.38. The summed E-state index contributed by atoms with van der Waals surface area (Å²) in [6, 6.07) is 2.63. The monoisotopic (exact) mass is 507 g/mol. The number of thiophene rings is 1. The molecule has 2 atom stereocenters. The third-order valence-electron chi connectivity index (χ3n) is 8.73. The zero-order chi connectivity index (χ0) is 23.5. The van der Waals surface area contributed by atoms with Crippen LogP contribution in [0.4, 0.5) is 0 Å². The Balaban J connectivity index is 1.12. The van der Waals surface area contributed by atoms with Crippen molar-refractivity contribution in [3.05, 3.63) is 21.9 Å². The van der Waals surface area contributed by atoms with E-state index in [1.807, 2.05) is 0 Å². The SMILES string of the molecule is O=C(c1csc(C2CCN(CCS(=O)(=O)N3CCCCC3)CC2)c1)N1CCCC2CCCCC21. The molecule has 4 heterocycles. The molecule has 1 amide bonds. The largest absolute Gasteiger partial charge is 0.335 e. The molecule has 8 heteroatoms. The molecule has 1 aromatic heterocycles. The van der Waals surface area contributed by atoms with Gasteiger partial charge in [-0.3, -0.25) is 4.79 Å². The summed E-state index contributed by atoms with van der Waals surface area (Å²) in [6.45, 7) is 4.83. The molecule has 5 rings (SSSR count). The second kappa shape index (κ2) is 11.0. The van der Waals surface area contributed by atoms with Crippen LogP contribution in [0.1, 0.15) is 91.8 Å². The van der Waals surface area contributed by atoms with Crippen molar-refractivity contribution < 1.29 is 13.2 Å². The molecule has 3 aliphatic heterocycles. The van der Waals surface area contributed by atoms with Crippen LogP contribution in [0.5, 0.6) is 0 Å². The van der Waals surface area contributed by atoms with Gasteiger partial charge in [-0.15, -0.1) is 11.3 Å². The quantitative estimate of drug-likeness (QED) is 0.567. The summed E-state index contributed by atoms with van der Waals surface area (Å²) < 4.78 is 27.0. The molecule has 190 valence electrons. The second-order valence-corrected chi connectivity index (χ2v) is 13.9. The fourth-order valence-corrected chi connectivity index (χ4v) is 9.30. The Kier molecular flexibility index (Phi) is 7.98. The minimum Gasteiger partial charge on any atom is -0.335 e. The van der Waals surface area contributed by atoms with Gasteiger partial charge in [-0.1, -0.05) is 19.3 Å². The molecule has 1 aromatic rings. The van der Waals surface area contributed by atoms with Crippen molar-refractivity contribution in [1.82, 2.24) is 14.1 Å². The molecule has 0 radical (unpaired) electrons. The molecule has 6 nitrogen and oxygen atoms in total. The van der Waals surface area contributed by atoms with Crippen molar-refractivity contribution in [2.75, 3.05) is 45.0 Å². The lowest BCUT2D eigenvalue weighted by Crippen LogP contribution is -2.49. The predicted molar refractivity (Wildman–Crippen MR) is 138 cm³/mol. The van der Waals surface area contributed by atoms with E-state index in [4.69, 9.17) is 0 Å². The number of rotatable bonds is 6. The fourth-order valence-electron chi connectivity index (χ4n) is 6.68. The highest BCUT2D eigenvalue weighted by Crippen LogP contribution is 2.37. The fraction of sp³-hybridized carbons (Fsp3) is 0.808. The maximum atomic E-state index is 13.4. The molecule has 0 N–H and O–H groups in total. The summed E-state index contributed by atoms with van der Waals surface area (Å²) in [6.07, 6.45) is 12.7. The molecule has 2 unspecified atom stereocenters. The molecule has 3 saturated heterocycles. The summed E-state index contributed by atoms with van der Waals surface area (Å²) >= 11 is 1.75. The Hall–Kier alpha value is -0.960. The molecule has 4 fully saturated rings. The van der Waals surface area contributed by atoms with Crippen molar-refractivity contribution in [3.63, 3.8) is 0 Å². The number of hydrogen-bond donors (Lipinski definition) is 0. The minimum atomic E-state index is -3.12. The lowest BCUT2D eigenvalue weighted by molar-refractivity contribution is 0.0391. The standard InChI is InChI=1S/C26H41N3O3S2/c30-26(29-14-6-8-21-7-2-3-9-24(21)29)23-19-25(33-20-23)22-10-15-27(16-11-22)17-18-34(31,32)28-12-4-1-5-13-28/h19-22,24H,1-18H2. The highest BCUT2D eigenvalue weighted by Gasteiger charge is 2.36. The Morgan fingerprint density at radius 2 is 1.62 bits per heavy atom. The Bertz CT molecular complexity index is 931. The summed E-state index contributed by atoms with van der Waals surface area (Å²) in [5, 5.41) is 2.08. The maximum Gasteiger partial charge on any atom is 0.254 e. The Morgan fingerprint density at radius 1 is 0.882 bits per heavy atom. The number of carbonyl (C=O) groups excluding carboxylic acids is 1. The number of likely N-dealkylation sites (tertiary alicyclic amines) is 2. The van der Waals surface area contributed by atoms with Crippen LogP contribution in [0.25, 0.3) is 0 Å². The summed E-state index contributed by atoms with van der Waals surface area (Å²) in [5.74, 6) is 1.70. The van der Waals surface area contributed by atoms with Gasteiger partial charge >= 0.3 is 0 Å². The number of amides is 1. The minimum absolute atomic E-state index is 0.243. The normalized spacial score (nSPS) is 28.1. The summed E-state index contributed by atoms with van der Waals surface area (Å²) in [5.41, 5.74) is 0.890. The lowest BCUT2D eigenvalue weighted by atomic mass is 9.78. The van der Waals surface area contributed by atoms with Gasteiger partial charge in [-0.2, -0.15) is 0 Å². The molecule has 1 saturated carbocycles. The van der Waals surface area contributed by atoms with E-state index in [9.17, 15) is 13.2 Å². The zero-order valence-corrected chi connectivity index (χ0v) is 22.1. The molecular formula is C26H41N3O3S2. The Morgan fingerprint density at radius 3 is 2.41 bits per heavy atom. The van der Waals surface area contributed by atoms with E-state index in [0.29, 0.717) is 37.5 Å². The molecule has 0 bridgehead atoms. The van der Waals surface area contributed by atoms with E-state index in [1.165, 1.54) is 37.0 Å². The summed E-state index contributed by atoms with van der Waals surface area (Å²) in [4.78, 5) is 19.2.